The molecule has 0 amide bonds. The molecule has 0 aromatic heterocycles. The molecule has 2 N–H and O–H groups in total. The molecule has 1 heterocycles. The smallest absolute Gasteiger partial charge is 0.311 e. The normalized spacial score (nSPS) is 23.9. The Bertz CT molecular complexity index is 458. The molecule has 1 aromatic carbocycles. The Hall–Kier alpha value is -0.580. The average molecular weight is 333 g/mol. The van der Waals surface area contributed by atoms with Gasteiger partial charge in [0.2, 0.25) is 0 Å². The number of rotatable bonds is 3. The second-order valence-electron chi connectivity index (χ2n) is 4.78. The largest absolute Gasteiger partial charge is 0.481 e. The second-order valence-corrected chi connectivity index (χ2v) is 6.10. The van der Waals surface area contributed by atoms with Gasteiger partial charge in [-0.3, -0.25) is 4.79 Å². The van der Waals surface area contributed by atoms with Gasteiger partial charge in [-0.2, -0.15) is 0 Å². The second kappa shape index (κ2) is 5.59. The zero-order valence-electron chi connectivity index (χ0n) is 9.88. The number of hydrogen-bond donors (Lipinski definition) is 2. The van der Waals surface area contributed by atoms with E-state index in [2.05, 4.69) is 21.2 Å². The van der Waals surface area contributed by atoms with Crippen LogP contribution in [0.3, 0.4) is 0 Å². The van der Waals surface area contributed by atoms with Gasteiger partial charge in [-0.25, -0.2) is 0 Å². The van der Waals surface area contributed by atoms with Crippen LogP contribution in [-0.4, -0.2) is 24.2 Å². The lowest BCUT2D eigenvalue weighted by molar-refractivity contribution is -0.150. The molecule has 1 saturated heterocycles. The first-order valence-corrected chi connectivity index (χ1v) is 7.09. The van der Waals surface area contributed by atoms with Gasteiger partial charge in [-0.1, -0.05) is 33.6 Å². The van der Waals surface area contributed by atoms with Crippen molar-refractivity contribution in [2.75, 3.05) is 13.1 Å². The lowest BCUT2D eigenvalue weighted by Gasteiger charge is -2.34. The molecule has 1 aromatic rings. The highest BCUT2D eigenvalue weighted by molar-refractivity contribution is 9.10. The van der Waals surface area contributed by atoms with Gasteiger partial charge in [0.05, 0.1) is 5.41 Å². The number of hydrogen-bond acceptors (Lipinski definition) is 2. The monoisotopic (exact) mass is 331 g/mol. The Kier molecular flexibility index (Phi) is 4.30. The summed E-state index contributed by atoms with van der Waals surface area (Å²) in [6.45, 7) is 1.40. The third-order valence-electron chi connectivity index (χ3n) is 3.47. The van der Waals surface area contributed by atoms with Crippen molar-refractivity contribution in [3.05, 3.63) is 33.3 Å². The molecule has 2 rings (SSSR count). The number of benzene rings is 1. The van der Waals surface area contributed by atoms with Crippen molar-refractivity contribution >= 4 is 33.5 Å². The van der Waals surface area contributed by atoms with Crippen molar-refractivity contribution in [3.8, 4) is 0 Å². The molecule has 98 valence electrons. The van der Waals surface area contributed by atoms with Crippen molar-refractivity contribution in [2.45, 2.75) is 19.3 Å². The van der Waals surface area contributed by atoms with Gasteiger partial charge in [0.25, 0.3) is 0 Å². The van der Waals surface area contributed by atoms with Crippen LogP contribution in [0.15, 0.2) is 22.7 Å². The van der Waals surface area contributed by atoms with E-state index in [1.165, 1.54) is 0 Å². The molecular weight excluding hydrogens is 318 g/mol. The van der Waals surface area contributed by atoms with Crippen LogP contribution in [0.25, 0.3) is 0 Å². The van der Waals surface area contributed by atoms with E-state index < -0.39 is 11.4 Å². The Morgan fingerprint density at radius 2 is 2.33 bits per heavy atom. The van der Waals surface area contributed by atoms with E-state index in [9.17, 15) is 9.90 Å². The fourth-order valence-electron chi connectivity index (χ4n) is 2.41. The first kappa shape index (κ1) is 13.8. The minimum atomic E-state index is -0.742. The Morgan fingerprint density at radius 1 is 1.56 bits per heavy atom. The van der Waals surface area contributed by atoms with Gasteiger partial charge in [-0.15, -0.1) is 0 Å². The molecule has 0 saturated carbocycles. The summed E-state index contributed by atoms with van der Waals surface area (Å²) in [7, 11) is 0. The van der Waals surface area contributed by atoms with Gasteiger partial charge >= 0.3 is 5.97 Å². The first-order valence-electron chi connectivity index (χ1n) is 5.92. The molecule has 1 unspecified atom stereocenters. The summed E-state index contributed by atoms with van der Waals surface area (Å²) in [5.41, 5.74) is 0.168. The molecule has 18 heavy (non-hydrogen) atoms. The van der Waals surface area contributed by atoms with Gasteiger partial charge in [0.15, 0.2) is 0 Å². The number of carboxylic acid groups (broad SMARTS) is 1. The third kappa shape index (κ3) is 2.87. The predicted molar refractivity (Wildman–Crippen MR) is 75.0 cm³/mol. The zero-order valence-corrected chi connectivity index (χ0v) is 12.2. The van der Waals surface area contributed by atoms with Crippen molar-refractivity contribution in [1.82, 2.24) is 5.32 Å². The van der Waals surface area contributed by atoms with Crippen LogP contribution < -0.4 is 5.32 Å². The summed E-state index contributed by atoms with van der Waals surface area (Å²) in [5, 5.41) is 13.3. The fraction of sp³-hybridized carbons (Fsp3) is 0.462. The van der Waals surface area contributed by atoms with E-state index >= 15 is 0 Å². The third-order valence-corrected chi connectivity index (χ3v) is 4.32. The topological polar surface area (TPSA) is 49.3 Å². The summed E-state index contributed by atoms with van der Waals surface area (Å²) in [6.07, 6.45) is 2.06. The summed E-state index contributed by atoms with van der Waals surface area (Å²) in [4.78, 5) is 11.6. The summed E-state index contributed by atoms with van der Waals surface area (Å²) in [6, 6.07) is 5.60. The van der Waals surface area contributed by atoms with Gasteiger partial charge < -0.3 is 10.4 Å². The number of halogens is 2. The van der Waals surface area contributed by atoms with Gasteiger partial charge in [-0.05, 0) is 43.5 Å². The van der Waals surface area contributed by atoms with Crippen molar-refractivity contribution in [1.29, 1.82) is 0 Å². The molecule has 3 nitrogen and oxygen atoms in total. The molecule has 1 aliphatic heterocycles. The van der Waals surface area contributed by atoms with Crippen LogP contribution >= 0.6 is 27.5 Å². The van der Waals surface area contributed by atoms with Crippen LogP contribution in [0, 0.1) is 5.41 Å². The summed E-state index contributed by atoms with van der Waals surface area (Å²) < 4.78 is 0.905. The van der Waals surface area contributed by atoms with E-state index in [0.717, 1.165) is 23.0 Å². The fourth-order valence-corrected chi connectivity index (χ4v) is 3.15. The lowest BCUT2D eigenvalue weighted by atomic mass is 9.76. The molecule has 1 atom stereocenters. The molecular formula is C13H15BrClNO2. The van der Waals surface area contributed by atoms with E-state index in [-0.39, 0.29) is 0 Å². The Morgan fingerprint density at radius 3 is 2.89 bits per heavy atom. The highest BCUT2D eigenvalue weighted by atomic mass is 79.9. The summed E-state index contributed by atoms with van der Waals surface area (Å²) >= 11 is 9.52. The van der Waals surface area contributed by atoms with E-state index in [1.807, 2.05) is 18.2 Å². The molecule has 5 heteroatoms. The van der Waals surface area contributed by atoms with Gasteiger partial charge in [0, 0.05) is 16.0 Å². The molecule has 1 aliphatic rings. The molecule has 0 aliphatic carbocycles. The molecule has 0 bridgehead atoms. The highest BCUT2D eigenvalue weighted by Gasteiger charge is 2.40. The number of aliphatic carboxylic acids is 1. The maximum Gasteiger partial charge on any atom is 0.311 e. The predicted octanol–water partition coefficient (Wildman–Crippen LogP) is 3.10. The maximum absolute atomic E-state index is 11.6. The van der Waals surface area contributed by atoms with Crippen molar-refractivity contribution in [3.63, 3.8) is 0 Å². The number of carboxylic acids is 1. The maximum atomic E-state index is 11.6. The Labute approximate surface area is 120 Å². The van der Waals surface area contributed by atoms with Crippen LogP contribution in [0.4, 0.5) is 0 Å². The number of piperidine rings is 1. The zero-order chi connectivity index (χ0) is 13.2. The lowest BCUT2D eigenvalue weighted by Crippen LogP contribution is -2.47. The number of carbonyl (C=O) groups is 1. The minimum Gasteiger partial charge on any atom is -0.481 e. The SMILES string of the molecule is O=C(O)C1(Cc2ccc(Br)cc2Cl)CCCNC1. The Balaban J connectivity index is 2.26. The average Bonchev–Trinajstić information content (AvgIpc) is 2.34. The quantitative estimate of drug-likeness (QED) is 0.894. The van der Waals surface area contributed by atoms with E-state index in [1.54, 1.807) is 0 Å². The minimum absolute atomic E-state index is 0.474. The van der Waals surface area contributed by atoms with Crippen LogP contribution in [0.1, 0.15) is 18.4 Å². The van der Waals surface area contributed by atoms with Crippen LogP contribution in [0.2, 0.25) is 5.02 Å². The molecule has 0 spiro atoms. The molecule has 1 fully saturated rings. The van der Waals surface area contributed by atoms with Gasteiger partial charge in [0.1, 0.15) is 0 Å². The van der Waals surface area contributed by atoms with Crippen molar-refractivity contribution < 1.29 is 9.90 Å². The highest BCUT2D eigenvalue weighted by Crippen LogP contribution is 2.34. The van der Waals surface area contributed by atoms with E-state index in [4.69, 9.17) is 11.6 Å². The van der Waals surface area contributed by atoms with E-state index in [0.29, 0.717) is 24.4 Å². The standard InChI is InChI=1S/C13H15BrClNO2/c14-10-3-2-9(11(15)6-10)7-13(12(17)18)4-1-5-16-8-13/h2-3,6,16H,1,4-5,7-8H2,(H,17,18). The first-order chi connectivity index (χ1) is 8.53. The number of nitrogens with one attached hydrogen (secondary N) is 1. The van der Waals surface area contributed by atoms with Crippen LogP contribution in [0.5, 0.6) is 0 Å². The van der Waals surface area contributed by atoms with Crippen LogP contribution in [-0.2, 0) is 11.2 Å². The van der Waals surface area contributed by atoms with Crippen molar-refractivity contribution in [2.24, 2.45) is 5.41 Å². The molecule has 0 radical (unpaired) electrons. The summed E-state index contributed by atoms with van der Waals surface area (Å²) in [5.74, 6) is -0.742.